The highest BCUT2D eigenvalue weighted by atomic mass is 14.9. The molecule has 2 nitrogen and oxygen atoms in total. The summed E-state index contributed by atoms with van der Waals surface area (Å²) < 4.78 is 0. The fourth-order valence-electron chi connectivity index (χ4n) is 2.34. The van der Waals surface area contributed by atoms with E-state index >= 15 is 0 Å². The molecule has 0 saturated carbocycles. The molecule has 0 bridgehead atoms. The highest BCUT2D eigenvalue weighted by Crippen LogP contribution is 2.26. The number of piperidine rings is 1. The van der Waals surface area contributed by atoms with Gasteiger partial charge in [0.1, 0.15) is 0 Å². The second kappa shape index (κ2) is 5.35. The maximum atomic E-state index is 3.42. The second-order valence-electron chi connectivity index (χ2n) is 4.95. The Bertz CT molecular complexity index is 310. The molecular weight excluding hydrogens is 196 g/mol. The molecule has 1 fully saturated rings. The van der Waals surface area contributed by atoms with Crippen molar-refractivity contribution in [3.8, 4) is 0 Å². The van der Waals surface area contributed by atoms with Crippen molar-refractivity contribution in [2.24, 2.45) is 0 Å². The van der Waals surface area contributed by atoms with Gasteiger partial charge in [0.25, 0.3) is 0 Å². The maximum absolute atomic E-state index is 3.42. The first kappa shape index (κ1) is 11.5. The molecule has 0 amide bonds. The average Bonchev–Trinajstić information content (AvgIpc) is 2.30. The largest absolute Gasteiger partial charge is 0.383 e. The van der Waals surface area contributed by atoms with Crippen LogP contribution < -0.4 is 10.6 Å². The summed E-state index contributed by atoms with van der Waals surface area (Å²) in [5, 5.41) is 6.83. The van der Waals surface area contributed by atoms with E-state index in [-0.39, 0.29) is 0 Å². The summed E-state index contributed by atoms with van der Waals surface area (Å²) in [5.41, 5.74) is 2.73. The summed E-state index contributed by atoms with van der Waals surface area (Å²) >= 11 is 0. The van der Waals surface area contributed by atoms with Gasteiger partial charge in [0.05, 0.1) is 0 Å². The number of anilines is 1. The van der Waals surface area contributed by atoms with Gasteiger partial charge < -0.3 is 10.6 Å². The minimum absolute atomic E-state index is 0.504. The summed E-state index contributed by atoms with van der Waals surface area (Å²) in [6.45, 7) is 6.66. The fourth-order valence-corrected chi connectivity index (χ4v) is 2.34. The molecule has 1 saturated heterocycles. The summed E-state index contributed by atoms with van der Waals surface area (Å²) in [7, 11) is 0. The molecule has 2 rings (SSSR count). The van der Waals surface area contributed by atoms with Crippen molar-refractivity contribution >= 4 is 5.69 Å². The van der Waals surface area contributed by atoms with Crippen LogP contribution in [0.5, 0.6) is 0 Å². The highest BCUT2D eigenvalue weighted by Gasteiger charge is 2.14. The molecule has 1 heterocycles. The van der Waals surface area contributed by atoms with E-state index in [9.17, 15) is 0 Å². The molecule has 2 N–H and O–H groups in total. The van der Waals surface area contributed by atoms with Crippen LogP contribution in [-0.4, -0.2) is 19.1 Å². The van der Waals surface area contributed by atoms with Crippen molar-refractivity contribution in [3.63, 3.8) is 0 Å². The molecule has 88 valence electrons. The Labute approximate surface area is 98.4 Å². The summed E-state index contributed by atoms with van der Waals surface area (Å²) in [6, 6.07) is 9.47. The molecule has 0 spiro atoms. The monoisotopic (exact) mass is 218 g/mol. The van der Waals surface area contributed by atoms with Crippen LogP contribution in [0.1, 0.15) is 38.2 Å². The van der Waals surface area contributed by atoms with Gasteiger partial charge in [0.15, 0.2) is 0 Å². The van der Waals surface area contributed by atoms with Gasteiger partial charge in [-0.3, -0.25) is 0 Å². The van der Waals surface area contributed by atoms with Gasteiger partial charge in [-0.05, 0) is 63.4 Å². The predicted octanol–water partition coefficient (Wildman–Crippen LogP) is 2.97. The van der Waals surface area contributed by atoms with Crippen molar-refractivity contribution in [2.75, 3.05) is 18.4 Å². The Morgan fingerprint density at radius 1 is 1.12 bits per heavy atom. The molecule has 16 heavy (non-hydrogen) atoms. The van der Waals surface area contributed by atoms with Crippen LogP contribution in [0.4, 0.5) is 5.69 Å². The SMILES string of the molecule is CC(C)Nc1ccc(C2CCNCC2)cc1. The average molecular weight is 218 g/mol. The van der Waals surface area contributed by atoms with Gasteiger partial charge in [-0.1, -0.05) is 12.1 Å². The summed E-state index contributed by atoms with van der Waals surface area (Å²) in [6.07, 6.45) is 2.55. The van der Waals surface area contributed by atoms with E-state index in [2.05, 4.69) is 48.7 Å². The zero-order chi connectivity index (χ0) is 11.4. The number of nitrogens with one attached hydrogen (secondary N) is 2. The molecule has 1 aliphatic heterocycles. The third kappa shape index (κ3) is 2.99. The minimum atomic E-state index is 0.504. The lowest BCUT2D eigenvalue weighted by atomic mass is 9.90. The first-order valence-corrected chi connectivity index (χ1v) is 6.33. The molecule has 1 aliphatic rings. The summed E-state index contributed by atoms with van der Waals surface area (Å²) in [4.78, 5) is 0. The number of benzene rings is 1. The van der Waals surface area contributed by atoms with Crippen LogP contribution in [0, 0.1) is 0 Å². The van der Waals surface area contributed by atoms with Crippen molar-refractivity contribution in [2.45, 2.75) is 38.6 Å². The number of hydrogen-bond donors (Lipinski definition) is 2. The number of rotatable bonds is 3. The van der Waals surface area contributed by atoms with Crippen LogP contribution in [0.3, 0.4) is 0 Å². The molecular formula is C14H22N2. The van der Waals surface area contributed by atoms with Crippen molar-refractivity contribution < 1.29 is 0 Å². The van der Waals surface area contributed by atoms with Gasteiger partial charge in [0.2, 0.25) is 0 Å². The third-order valence-corrected chi connectivity index (χ3v) is 3.18. The van der Waals surface area contributed by atoms with E-state index in [1.807, 2.05) is 0 Å². The highest BCUT2D eigenvalue weighted by molar-refractivity contribution is 5.45. The molecule has 0 unspecified atom stereocenters. The molecule has 1 aromatic carbocycles. The van der Waals surface area contributed by atoms with Gasteiger partial charge in [-0.2, -0.15) is 0 Å². The Balaban J connectivity index is 2.00. The lowest BCUT2D eigenvalue weighted by molar-refractivity contribution is 0.460. The summed E-state index contributed by atoms with van der Waals surface area (Å²) in [5.74, 6) is 0.759. The first-order chi connectivity index (χ1) is 7.75. The number of hydrogen-bond acceptors (Lipinski definition) is 2. The van der Waals surface area contributed by atoms with E-state index in [0.29, 0.717) is 6.04 Å². The van der Waals surface area contributed by atoms with Crippen LogP contribution in [0.25, 0.3) is 0 Å². The van der Waals surface area contributed by atoms with Crippen LogP contribution in [-0.2, 0) is 0 Å². The molecule has 0 radical (unpaired) electrons. The molecule has 0 aromatic heterocycles. The third-order valence-electron chi connectivity index (χ3n) is 3.18. The van der Waals surface area contributed by atoms with Crippen LogP contribution >= 0.6 is 0 Å². The zero-order valence-electron chi connectivity index (χ0n) is 10.3. The smallest absolute Gasteiger partial charge is 0.0342 e. The van der Waals surface area contributed by atoms with E-state index in [4.69, 9.17) is 0 Å². The predicted molar refractivity (Wildman–Crippen MR) is 70.0 cm³/mol. The van der Waals surface area contributed by atoms with Gasteiger partial charge in [-0.15, -0.1) is 0 Å². The van der Waals surface area contributed by atoms with Crippen LogP contribution in [0.2, 0.25) is 0 Å². The first-order valence-electron chi connectivity index (χ1n) is 6.33. The molecule has 1 aromatic rings. The van der Waals surface area contributed by atoms with Crippen molar-refractivity contribution in [1.29, 1.82) is 0 Å². The van der Waals surface area contributed by atoms with Crippen molar-refractivity contribution in [3.05, 3.63) is 29.8 Å². The molecule has 0 atom stereocenters. The van der Waals surface area contributed by atoms with E-state index in [0.717, 1.165) is 19.0 Å². The normalized spacial score (nSPS) is 17.7. The molecule has 2 heteroatoms. The second-order valence-corrected chi connectivity index (χ2v) is 4.95. The lowest BCUT2D eigenvalue weighted by Crippen LogP contribution is -2.26. The fraction of sp³-hybridized carbons (Fsp3) is 0.571. The standard InChI is InChI=1S/C14H22N2/c1-11(2)16-14-5-3-12(4-6-14)13-7-9-15-10-8-13/h3-6,11,13,15-16H,7-10H2,1-2H3. The lowest BCUT2D eigenvalue weighted by Gasteiger charge is -2.23. The Hall–Kier alpha value is -1.02. The van der Waals surface area contributed by atoms with Crippen LogP contribution in [0.15, 0.2) is 24.3 Å². The Morgan fingerprint density at radius 3 is 2.31 bits per heavy atom. The van der Waals surface area contributed by atoms with E-state index < -0.39 is 0 Å². The van der Waals surface area contributed by atoms with Crippen molar-refractivity contribution in [1.82, 2.24) is 5.32 Å². The van der Waals surface area contributed by atoms with E-state index in [1.165, 1.54) is 24.1 Å². The molecule has 0 aliphatic carbocycles. The Morgan fingerprint density at radius 2 is 1.75 bits per heavy atom. The van der Waals surface area contributed by atoms with Gasteiger partial charge in [-0.25, -0.2) is 0 Å². The van der Waals surface area contributed by atoms with Gasteiger partial charge in [0, 0.05) is 11.7 Å². The van der Waals surface area contributed by atoms with E-state index in [1.54, 1.807) is 0 Å². The topological polar surface area (TPSA) is 24.1 Å². The van der Waals surface area contributed by atoms with Gasteiger partial charge >= 0.3 is 0 Å². The zero-order valence-corrected chi connectivity index (χ0v) is 10.3. The Kier molecular flexibility index (Phi) is 3.83. The minimum Gasteiger partial charge on any atom is -0.383 e. The quantitative estimate of drug-likeness (QED) is 0.815. The maximum Gasteiger partial charge on any atom is 0.0342 e.